The molecule has 0 saturated carbocycles. The number of piperazine rings is 1. The van der Waals surface area contributed by atoms with Gasteiger partial charge in [0.15, 0.2) is 0 Å². The van der Waals surface area contributed by atoms with Crippen molar-refractivity contribution in [2.45, 2.75) is 57.7 Å². The lowest BCUT2D eigenvalue weighted by atomic mass is 10.1. The fourth-order valence-corrected chi connectivity index (χ4v) is 3.82. The van der Waals surface area contributed by atoms with Crippen LogP contribution in [0.15, 0.2) is 24.3 Å². The zero-order valence-corrected chi connectivity index (χ0v) is 16.0. The minimum Gasteiger partial charge on any atom is -0.469 e. The number of rotatable bonds is 3. The summed E-state index contributed by atoms with van der Waals surface area (Å²) in [6.07, 6.45) is 2.22. The number of benzene rings is 1. The highest BCUT2D eigenvalue weighted by molar-refractivity contribution is 5.73. The monoisotopic (exact) mass is 360 g/mol. The third-order valence-electron chi connectivity index (χ3n) is 4.94. The highest BCUT2D eigenvalue weighted by Crippen LogP contribution is 2.35. The molecule has 0 spiro atoms. The Morgan fingerprint density at radius 3 is 2.15 bits per heavy atom. The van der Waals surface area contributed by atoms with Crippen LogP contribution < -0.4 is 4.90 Å². The molecule has 2 atom stereocenters. The van der Waals surface area contributed by atoms with Gasteiger partial charge in [-0.2, -0.15) is 0 Å². The molecule has 2 aliphatic heterocycles. The van der Waals surface area contributed by atoms with Gasteiger partial charge in [0.2, 0.25) is 0 Å². The number of esters is 1. The molecule has 1 aromatic carbocycles. The molecule has 0 N–H and O–H groups in total. The first-order chi connectivity index (χ1) is 12.3. The molecule has 1 aromatic rings. The maximum atomic E-state index is 12.4. The normalized spacial score (nSPS) is 22.3. The van der Waals surface area contributed by atoms with Crippen molar-refractivity contribution in [1.29, 1.82) is 0 Å². The lowest BCUT2D eigenvalue weighted by molar-refractivity contribution is -0.139. The summed E-state index contributed by atoms with van der Waals surface area (Å²) in [5, 5.41) is 0. The van der Waals surface area contributed by atoms with Crippen LogP contribution in [0.4, 0.5) is 10.5 Å². The summed E-state index contributed by atoms with van der Waals surface area (Å²) in [5.41, 5.74) is 1.62. The Labute approximate surface area is 155 Å². The molecule has 2 bridgehead atoms. The van der Waals surface area contributed by atoms with Crippen LogP contribution >= 0.6 is 0 Å². The van der Waals surface area contributed by atoms with Crippen LogP contribution in [0.3, 0.4) is 0 Å². The van der Waals surface area contributed by atoms with E-state index in [2.05, 4.69) is 17.0 Å². The van der Waals surface area contributed by atoms with E-state index in [1.807, 2.05) is 37.8 Å². The lowest BCUT2D eigenvalue weighted by Crippen LogP contribution is -2.56. The van der Waals surface area contributed by atoms with Gasteiger partial charge < -0.3 is 19.3 Å². The first-order valence-corrected chi connectivity index (χ1v) is 9.19. The van der Waals surface area contributed by atoms with E-state index in [-0.39, 0.29) is 18.5 Å². The molecular weight excluding hydrogens is 332 g/mol. The molecule has 142 valence electrons. The van der Waals surface area contributed by atoms with Gasteiger partial charge in [-0.3, -0.25) is 4.79 Å². The molecule has 0 radical (unpaired) electrons. The van der Waals surface area contributed by atoms with E-state index in [4.69, 9.17) is 9.47 Å². The molecule has 2 fully saturated rings. The van der Waals surface area contributed by atoms with Crippen LogP contribution in [-0.4, -0.2) is 54.8 Å². The zero-order chi connectivity index (χ0) is 18.9. The predicted octanol–water partition coefficient (Wildman–Crippen LogP) is 2.99. The number of likely N-dealkylation sites (tertiary alicyclic amines) is 1. The van der Waals surface area contributed by atoms with Crippen molar-refractivity contribution in [2.24, 2.45) is 0 Å². The number of fused-ring (bicyclic) bond motifs is 2. The summed E-state index contributed by atoms with van der Waals surface area (Å²) in [6, 6.07) is 8.71. The maximum Gasteiger partial charge on any atom is 0.410 e. The average molecular weight is 360 g/mol. The Bertz CT molecular complexity index is 651. The van der Waals surface area contributed by atoms with Crippen molar-refractivity contribution in [3.63, 3.8) is 0 Å². The van der Waals surface area contributed by atoms with Crippen LogP contribution in [0.5, 0.6) is 0 Å². The van der Waals surface area contributed by atoms with E-state index < -0.39 is 5.60 Å². The zero-order valence-electron chi connectivity index (χ0n) is 16.0. The van der Waals surface area contributed by atoms with Crippen LogP contribution in [0.25, 0.3) is 0 Å². The second-order valence-corrected chi connectivity index (χ2v) is 8.10. The molecule has 2 unspecified atom stereocenters. The highest BCUT2D eigenvalue weighted by Gasteiger charge is 2.42. The first kappa shape index (κ1) is 18.5. The summed E-state index contributed by atoms with van der Waals surface area (Å²) in [5.74, 6) is -0.233. The molecule has 26 heavy (non-hydrogen) atoms. The fraction of sp³-hybridized carbons (Fsp3) is 0.600. The summed E-state index contributed by atoms with van der Waals surface area (Å²) in [7, 11) is 1.40. The smallest absolute Gasteiger partial charge is 0.410 e. The molecule has 2 heterocycles. The largest absolute Gasteiger partial charge is 0.469 e. The molecule has 6 nitrogen and oxygen atoms in total. The van der Waals surface area contributed by atoms with Gasteiger partial charge in [-0.15, -0.1) is 0 Å². The van der Waals surface area contributed by atoms with Gasteiger partial charge >= 0.3 is 12.1 Å². The quantitative estimate of drug-likeness (QED) is 0.776. The summed E-state index contributed by atoms with van der Waals surface area (Å²) < 4.78 is 10.2. The second kappa shape index (κ2) is 7.17. The number of ether oxygens (including phenoxy) is 2. The molecule has 1 amide bonds. The maximum absolute atomic E-state index is 12.4. The van der Waals surface area contributed by atoms with Gasteiger partial charge in [0.1, 0.15) is 5.60 Å². The number of nitrogens with zero attached hydrogens (tertiary/aromatic N) is 2. The van der Waals surface area contributed by atoms with Crippen LogP contribution in [-0.2, 0) is 20.7 Å². The van der Waals surface area contributed by atoms with Crippen molar-refractivity contribution in [1.82, 2.24) is 4.90 Å². The van der Waals surface area contributed by atoms with E-state index in [0.29, 0.717) is 25.2 Å². The Morgan fingerprint density at radius 1 is 1.08 bits per heavy atom. The number of methoxy groups -OCH3 is 1. The molecule has 0 aliphatic carbocycles. The molecular formula is C20H28N2O4. The van der Waals surface area contributed by atoms with Gasteiger partial charge in [0.05, 0.1) is 13.5 Å². The number of amides is 1. The topological polar surface area (TPSA) is 59.1 Å². The van der Waals surface area contributed by atoms with Crippen LogP contribution in [0.2, 0.25) is 0 Å². The van der Waals surface area contributed by atoms with E-state index in [1.165, 1.54) is 7.11 Å². The Kier molecular flexibility index (Phi) is 5.12. The predicted molar refractivity (Wildman–Crippen MR) is 99.3 cm³/mol. The Balaban J connectivity index is 1.67. The molecule has 6 heteroatoms. The average Bonchev–Trinajstić information content (AvgIpc) is 2.83. The lowest BCUT2D eigenvalue weighted by Gasteiger charge is -2.42. The SMILES string of the molecule is COC(=O)Cc1ccc(N2C3CCC2CN(C(=O)OC(C)(C)C)C3)cc1. The standard InChI is InChI=1S/C20H28N2O4/c1-20(2,3)26-19(24)21-12-16-9-10-17(13-21)22(16)15-7-5-14(6-8-15)11-18(23)25-4/h5-8,16-17H,9-13H2,1-4H3. The molecule has 2 saturated heterocycles. The first-order valence-electron chi connectivity index (χ1n) is 9.19. The fourth-order valence-electron chi connectivity index (χ4n) is 3.82. The van der Waals surface area contributed by atoms with Crippen LogP contribution in [0.1, 0.15) is 39.2 Å². The van der Waals surface area contributed by atoms with Gasteiger partial charge in [0, 0.05) is 30.9 Å². The number of hydrogen-bond acceptors (Lipinski definition) is 5. The Hall–Kier alpha value is -2.24. The summed E-state index contributed by atoms with van der Waals surface area (Å²) >= 11 is 0. The van der Waals surface area contributed by atoms with E-state index in [9.17, 15) is 9.59 Å². The molecule has 2 aliphatic rings. The molecule has 0 aromatic heterocycles. The van der Waals surface area contributed by atoms with E-state index in [1.54, 1.807) is 0 Å². The van der Waals surface area contributed by atoms with E-state index in [0.717, 1.165) is 24.1 Å². The van der Waals surface area contributed by atoms with Gasteiger partial charge in [-0.05, 0) is 51.3 Å². The van der Waals surface area contributed by atoms with Gasteiger partial charge in [-0.1, -0.05) is 12.1 Å². The number of anilines is 1. The summed E-state index contributed by atoms with van der Waals surface area (Å²) in [6.45, 7) is 7.06. The van der Waals surface area contributed by atoms with Crippen molar-refractivity contribution in [3.05, 3.63) is 29.8 Å². The van der Waals surface area contributed by atoms with Gasteiger partial charge in [-0.25, -0.2) is 4.79 Å². The minimum atomic E-state index is -0.470. The minimum absolute atomic E-state index is 0.220. The number of carbonyl (C=O) groups excluding carboxylic acids is 2. The van der Waals surface area contributed by atoms with Crippen molar-refractivity contribution in [3.8, 4) is 0 Å². The van der Waals surface area contributed by atoms with Crippen LogP contribution in [0, 0.1) is 0 Å². The number of carbonyl (C=O) groups is 2. The van der Waals surface area contributed by atoms with E-state index >= 15 is 0 Å². The second-order valence-electron chi connectivity index (χ2n) is 8.10. The summed E-state index contributed by atoms with van der Waals surface area (Å²) in [4.78, 5) is 28.1. The Morgan fingerprint density at radius 2 is 1.65 bits per heavy atom. The third-order valence-corrected chi connectivity index (χ3v) is 4.94. The van der Waals surface area contributed by atoms with Crippen molar-refractivity contribution < 1.29 is 19.1 Å². The van der Waals surface area contributed by atoms with Gasteiger partial charge in [0.25, 0.3) is 0 Å². The highest BCUT2D eigenvalue weighted by atomic mass is 16.6. The third kappa shape index (κ3) is 4.11. The molecule has 3 rings (SSSR count). The number of hydrogen-bond donors (Lipinski definition) is 0. The van der Waals surface area contributed by atoms with Crippen molar-refractivity contribution in [2.75, 3.05) is 25.1 Å². The van der Waals surface area contributed by atoms with Crippen molar-refractivity contribution >= 4 is 17.7 Å².